The normalized spacial score (nSPS) is 16.2. The number of ether oxygens (including phenoxy) is 2. The van der Waals surface area contributed by atoms with Gasteiger partial charge in [-0.3, -0.25) is 9.59 Å². The van der Waals surface area contributed by atoms with Crippen LogP contribution in [-0.2, 0) is 20.7 Å². The number of carbonyl (C=O) groups is 2. The second-order valence-electron chi connectivity index (χ2n) is 8.38. The molecular weight excluding hydrogens is 505 g/mol. The number of hydrogen-bond donors (Lipinski definition) is 3. The van der Waals surface area contributed by atoms with Crippen LogP contribution in [0.1, 0.15) is 30.5 Å². The van der Waals surface area contributed by atoms with Gasteiger partial charge in [0.05, 0.1) is 31.9 Å². The Morgan fingerprint density at radius 1 is 1.26 bits per heavy atom. The predicted octanol–water partition coefficient (Wildman–Crippen LogP) is 1.73. The van der Waals surface area contributed by atoms with Crippen molar-refractivity contribution in [2.45, 2.75) is 31.3 Å². The molecule has 4 rings (SSSR count). The van der Waals surface area contributed by atoms with Crippen molar-refractivity contribution in [3.05, 3.63) is 65.4 Å². The topological polar surface area (TPSA) is 153 Å². The summed E-state index contributed by atoms with van der Waals surface area (Å²) in [7, 11) is 3.24. The Labute approximate surface area is 227 Å². The Morgan fingerprint density at radius 3 is 2.67 bits per heavy atom. The Morgan fingerprint density at radius 2 is 2.00 bits per heavy atom. The van der Waals surface area contributed by atoms with Gasteiger partial charge in [0.2, 0.25) is 18.3 Å². The Kier molecular flexibility index (Phi) is 12.8. The Hall–Kier alpha value is -4.11. The van der Waals surface area contributed by atoms with Crippen molar-refractivity contribution in [3.8, 4) is 17.6 Å². The summed E-state index contributed by atoms with van der Waals surface area (Å²) in [6.07, 6.45) is 4.78. The molecular formula is C28H34FN5O5. The van der Waals surface area contributed by atoms with E-state index in [0.29, 0.717) is 74.6 Å². The number of allylic oxidation sites excluding steroid dienone is 1. The van der Waals surface area contributed by atoms with Gasteiger partial charge in [0.25, 0.3) is 0 Å². The second-order valence-corrected chi connectivity index (χ2v) is 8.38. The third-order valence-corrected chi connectivity index (χ3v) is 5.70. The van der Waals surface area contributed by atoms with Crippen LogP contribution < -0.4 is 21.1 Å². The van der Waals surface area contributed by atoms with Crippen molar-refractivity contribution < 1.29 is 28.6 Å². The zero-order valence-electron chi connectivity index (χ0n) is 22.1. The summed E-state index contributed by atoms with van der Waals surface area (Å²) in [4.78, 5) is 30.5. The molecule has 0 unspecified atom stereocenters. The molecule has 1 saturated heterocycles. The van der Waals surface area contributed by atoms with E-state index in [2.05, 4.69) is 27.6 Å². The van der Waals surface area contributed by atoms with Crippen LogP contribution in [0.2, 0.25) is 0 Å². The number of aromatic nitrogens is 1. The third kappa shape index (κ3) is 9.94. The fourth-order valence-corrected chi connectivity index (χ4v) is 3.58. The van der Waals surface area contributed by atoms with Gasteiger partial charge in [0, 0.05) is 43.8 Å². The third-order valence-electron chi connectivity index (χ3n) is 5.70. The van der Waals surface area contributed by atoms with Crippen LogP contribution in [-0.4, -0.2) is 68.1 Å². The number of fused-ring (bicyclic) bond motifs is 1. The van der Waals surface area contributed by atoms with Crippen LogP contribution in [0.15, 0.2) is 53.2 Å². The number of hydrogen-bond acceptors (Lipinski definition) is 8. The highest BCUT2D eigenvalue weighted by Gasteiger charge is 2.27. The summed E-state index contributed by atoms with van der Waals surface area (Å²) >= 11 is 0. The van der Waals surface area contributed by atoms with Gasteiger partial charge in [0.1, 0.15) is 11.4 Å². The minimum Gasteiger partial charge on any atom is -0.491 e. The molecule has 2 aliphatic heterocycles. The largest absolute Gasteiger partial charge is 0.491 e. The number of anilines is 1. The maximum atomic E-state index is 12.7. The molecule has 2 aliphatic rings. The number of nitrogens with zero attached hydrogens (tertiary/aromatic N) is 3. The molecule has 1 aromatic carbocycles. The molecule has 0 saturated carbocycles. The van der Waals surface area contributed by atoms with Crippen molar-refractivity contribution in [2.75, 3.05) is 38.8 Å². The first-order valence-corrected chi connectivity index (χ1v) is 12.3. The number of nitrogens with two attached hydrogens (primary N) is 2. The average molecular weight is 540 g/mol. The first-order valence-electron chi connectivity index (χ1n) is 12.3. The standard InChI is InChI=1S/C17H19NO4.C10H10FN3O.CH5N/c1-18-14-12-13(2-3-15(14)22-9-5-16(18)19)4-6-17(20)7-10-21-11-8-17;11-10-3-1-2-9(14-10)4-8(5-12)6-13-7-15;1-2/h2-3,12,20H,5,7-11H2,1H3;1-3,5-7H,4,12H2;2H2,1H3/b;8-5-,13-6?;. The quantitative estimate of drug-likeness (QED) is 0.230. The maximum Gasteiger partial charge on any atom is 0.232 e. The van der Waals surface area contributed by atoms with E-state index in [1.807, 2.05) is 18.2 Å². The van der Waals surface area contributed by atoms with Gasteiger partial charge in [-0.15, -0.1) is 0 Å². The van der Waals surface area contributed by atoms with Gasteiger partial charge in [-0.05, 0) is 49.2 Å². The molecule has 0 aliphatic carbocycles. The highest BCUT2D eigenvalue weighted by Crippen LogP contribution is 2.31. The van der Waals surface area contributed by atoms with Gasteiger partial charge >= 0.3 is 0 Å². The van der Waals surface area contributed by atoms with Crippen LogP contribution >= 0.6 is 0 Å². The predicted molar refractivity (Wildman–Crippen MR) is 147 cm³/mol. The molecule has 208 valence electrons. The molecule has 2 aromatic rings. The number of aliphatic imine (C=N–C) groups is 1. The highest BCUT2D eigenvalue weighted by molar-refractivity contribution is 5.95. The van der Waals surface area contributed by atoms with Crippen LogP contribution in [0.25, 0.3) is 0 Å². The molecule has 39 heavy (non-hydrogen) atoms. The molecule has 1 fully saturated rings. The molecule has 0 atom stereocenters. The van der Waals surface area contributed by atoms with Gasteiger partial charge in [-0.1, -0.05) is 17.9 Å². The summed E-state index contributed by atoms with van der Waals surface area (Å²) in [6, 6.07) is 9.98. The first-order chi connectivity index (χ1) is 18.8. The van der Waals surface area contributed by atoms with Crippen LogP contribution in [0.3, 0.4) is 0 Å². The van der Waals surface area contributed by atoms with E-state index in [9.17, 15) is 19.1 Å². The molecule has 0 spiro atoms. The van der Waals surface area contributed by atoms with Crippen LogP contribution in [0, 0.1) is 17.8 Å². The summed E-state index contributed by atoms with van der Waals surface area (Å²) in [5, 5.41) is 10.4. The lowest BCUT2D eigenvalue weighted by Gasteiger charge is -2.26. The molecule has 11 heteroatoms. The van der Waals surface area contributed by atoms with Gasteiger partial charge in [0.15, 0.2) is 0 Å². The number of halogens is 1. The van der Waals surface area contributed by atoms with Crippen LogP contribution in [0.4, 0.5) is 10.1 Å². The smallest absolute Gasteiger partial charge is 0.232 e. The summed E-state index contributed by atoms with van der Waals surface area (Å²) in [6.45, 7) is 1.45. The summed E-state index contributed by atoms with van der Waals surface area (Å²) < 4.78 is 23.5. The van der Waals surface area contributed by atoms with Gasteiger partial charge < -0.3 is 30.9 Å². The Balaban J connectivity index is 0.000000275. The van der Waals surface area contributed by atoms with Crippen molar-refractivity contribution in [1.29, 1.82) is 0 Å². The fourth-order valence-electron chi connectivity index (χ4n) is 3.58. The lowest BCUT2D eigenvalue weighted by molar-refractivity contribution is -0.118. The van der Waals surface area contributed by atoms with Crippen molar-refractivity contribution in [3.63, 3.8) is 0 Å². The molecule has 0 bridgehead atoms. The summed E-state index contributed by atoms with van der Waals surface area (Å²) in [5.74, 6) is 6.11. The number of rotatable bonds is 4. The van der Waals surface area contributed by atoms with Gasteiger partial charge in [-0.2, -0.15) is 4.39 Å². The van der Waals surface area contributed by atoms with E-state index >= 15 is 0 Å². The zero-order valence-corrected chi connectivity index (χ0v) is 22.1. The van der Waals surface area contributed by atoms with Crippen molar-refractivity contribution in [2.24, 2.45) is 16.5 Å². The van der Waals surface area contributed by atoms with E-state index in [1.54, 1.807) is 24.1 Å². The van der Waals surface area contributed by atoms with E-state index in [0.717, 1.165) is 5.56 Å². The monoisotopic (exact) mass is 539 g/mol. The lowest BCUT2D eigenvalue weighted by Crippen LogP contribution is -2.34. The number of carbonyl (C=O) groups excluding carboxylic acids is 2. The second kappa shape index (κ2) is 16.0. The SMILES string of the molecule is CN.CN1C(=O)CCOc2ccc(C#CC3(O)CCOCC3)cc21.N/C=C(\C=NC=O)Cc1cccc(F)n1. The van der Waals surface area contributed by atoms with Gasteiger partial charge in [-0.25, -0.2) is 9.98 Å². The minimum atomic E-state index is -0.983. The Bertz CT molecular complexity index is 1230. The van der Waals surface area contributed by atoms with Crippen LogP contribution in [0.5, 0.6) is 5.75 Å². The summed E-state index contributed by atoms with van der Waals surface area (Å²) in [5.41, 5.74) is 11.4. The van der Waals surface area contributed by atoms with E-state index < -0.39 is 11.5 Å². The van der Waals surface area contributed by atoms with E-state index in [-0.39, 0.29) is 5.91 Å². The molecule has 0 radical (unpaired) electrons. The minimum absolute atomic E-state index is 0.0203. The zero-order chi connectivity index (χ0) is 28.7. The van der Waals surface area contributed by atoms with Crippen molar-refractivity contribution >= 4 is 24.2 Å². The molecule has 1 aromatic heterocycles. The van der Waals surface area contributed by atoms with E-state index in [1.165, 1.54) is 25.5 Å². The first kappa shape index (κ1) is 31.1. The molecule has 5 N–H and O–H groups in total. The van der Waals surface area contributed by atoms with Crippen molar-refractivity contribution in [1.82, 2.24) is 4.98 Å². The highest BCUT2D eigenvalue weighted by atomic mass is 19.1. The molecule has 3 heterocycles. The number of aliphatic hydroxyl groups is 1. The van der Waals surface area contributed by atoms with E-state index in [4.69, 9.17) is 15.2 Å². The maximum absolute atomic E-state index is 12.7. The fraction of sp³-hybridized carbons (Fsp3) is 0.357. The molecule has 10 nitrogen and oxygen atoms in total. The molecule has 2 amide bonds. The average Bonchev–Trinajstić information content (AvgIpc) is 3.09. The lowest BCUT2D eigenvalue weighted by atomic mass is 9.95. The number of benzene rings is 1. The number of pyridine rings is 1. The number of amides is 2.